The molecule has 0 atom stereocenters. The average molecular weight is 221 g/mol. The van der Waals surface area contributed by atoms with Crippen LogP contribution in [-0.4, -0.2) is 23.2 Å². The van der Waals surface area contributed by atoms with Crippen LogP contribution in [0.3, 0.4) is 0 Å². The van der Waals surface area contributed by atoms with Crippen molar-refractivity contribution in [3.63, 3.8) is 0 Å². The minimum Gasteiger partial charge on any atom is -0.478 e. The monoisotopic (exact) mass is 221 g/mol. The van der Waals surface area contributed by atoms with Gasteiger partial charge in [0.1, 0.15) is 5.76 Å². The normalized spacial score (nSPS) is 10.6. The van der Waals surface area contributed by atoms with Crippen LogP contribution < -0.4 is 4.74 Å². The van der Waals surface area contributed by atoms with Crippen LogP contribution in [-0.2, 0) is 6.42 Å². The number of pyridine rings is 1. The molecule has 5 heteroatoms. The summed E-state index contributed by atoms with van der Waals surface area (Å²) in [4.78, 5) is 14.9. The molecule has 84 valence electrons. The van der Waals surface area contributed by atoms with Gasteiger partial charge in [0.25, 0.3) is 5.88 Å². The molecular formula is C11H11NO4. The minimum atomic E-state index is -1.02. The van der Waals surface area contributed by atoms with Gasteiger partial charge in [-0.05, 0) is 6.07 Å². The minimum absolute atomic E-state index is 0.124. The quantitative estimate of drug-likeness (QED) is 0.859. The zero-order valence-electron chi connectivity index (χ0n) is 8.98. The van der Waals surface area contributed by atoms with Crippen molar-refractivity contribution in [3.05, 3.63) is 23.6 Å². The van der Waals surface area contributed by atoms with Crippen molar-refractivity contribution in [2.75, 3.05) is 7.11 Å². The number of aromatic nitrogens is 1. The van der Waals surface area contributed by atoms with Crippen molar-refractivity contribution in [2.45, 2.75) is 13.3 Å². The number of methoxy groups -OCH3 is 1. The molecule has 5 nitrogen and oxygen atoms in total. The van der Waals surface area contributed by atoms with Crippen LogP contribution in [0.25, 0.3) is 11.0 Å². The van der Waals surface area contributed by atoms with Gasteiger partial charge in [-0.25, -0.2) is 9.78 Å². The fraction of sp³-hybridized carbons (Fsp3) is 0.273. The van der Waals surface area contributed by atoms with Gasteiger partial charge in [0.15, 0.2) is 5.58 Å². The van der Waals surface area contributed by atoms with E-state index < -0.39 is 5.97 Å². The number of aromatic carboxylic acids is 1. The lowest BCUT2D eigenvalue weighted by molar-refractivity contribution is 0.0698. The first-order chi connectivity index (χ1) is 7.67. The predicted octanol–water partition coefficient (Wildman–Crippen LogP) is 2.10. The van der Waals surface area contributed by atoms with Crippen LogP contribution in [0.5, 0.6) is 5.88 Å². The summed E-state index contributed by atoms with van der Waals surface area (Å²) in [6.45, 7) is 1.93. The number of carbonyl (C=O) groups is 1. The number of carboxylic acid groups (broad SMARTS) is 1. The van der Waals surface area contributed by atoms with Gasteiger partial charge >= 0.3 is 5.97 Å². The molecule has 2 aromatic heterocycles. The third-order valence-corrected chi connectivity index (χ3v) is 2.35. The van der Waals surface area contributed by atoms with E-state index in [0.29, 0.717) is 29.0 Å². The van der Waals surface area contributed by atoms with E-state index in [4.69, 9.17) is 14.3 Å². The maximum absolute atomic E-state index is 11.0. The Kier molecular flexibility index (Phi) is 2.52. The number of ether oxygens (including phenoxy) is 1. The van der Waals surface area contributed by atoms with Crippen LogP contribution in [0.4, 0.5) is 0 Å². The Hall–Kier alpha value is -2.04. The first-order valence-electron chi connectivity index (χ1n) is 4.86. The lowest BCUT2D eigenvalue weighted by atomic mass is 10.2. The number of hydrogen-bond acceptors (Lipinski definition) is 4. The summed E-state index contributed by atoms with van der Waals surface area (Å²) in [7, 11) is 1.47. The second kappa shape index (κ2) is 3.84. The summed E-state index contributed by atoms with van der Waals surface area (Å²) < 4.78 is 10.5. The largest absolute Gasteiger partial charge is 0.478 e. The highest BCUT2D eigenvalue weighted by molar-refractivity contribution is 6.03. The predicted molar refractivity (Wildman–Crippen MR) is 56.9 cm³/mol. The van der Waals surface area contributed by atoms with Gasteiger partial charge in [0.2, 0.25) is 0 Å². The summed E-state index contributed by atoms with van der Waals surface area (Å²) >= 11 is 0. The molecule has 2 rings (SSSR count). The van der Waals surface area contributed by atoms with E-state index in [9.17, 15) is 4.79 Å². The molecule has 0 spiro atoms. The molecule has 0 aliphatic rings. The Morgan fingerprint density at radius 3 is 2.94 bits per heavy atom. The number of hydrogen-bond donors (Lipinski definition) is 1. The van der Waals surface area contributed by atoms with E-state index in [-0.39, 0.29) is 5.56 Å². The fourth-order valence-corrected chi connectivity index (χ4v) is 1.54. The van der Waals surface area contributed by atoms with E-state index in [1.165, 1.54) is 13.3 Å². The summed E-state index contributed by atoms with van der Waals surface area (Å²) in [6.07, 6.45) is 1.97. The molecule has 0 fully saturated rings. The number of rotatable bonds is 3. The van der Waals surface area contributed by atoms with Crippen LogP contribution in [0.2, 0.25) is 0 Å². The Bertz CT molecular complexity index is 544. The Morgan fingerprint density at radius 2 is 2.38 bits per heavy atom. The van der Waals surface area contributed by atoms with Gasteiger partial charge in [-0.2, -0.15) is 0 Å². The smallest absolute Gasteiger partial charge is 0.338 e. The standard InChI is InChI=1S/C11H11NO4/c1-3-6-4-7-8(11(13)14)5-12-10(15-2)9(7)16-6/h4-5H,3H2,1-2H3,(H,13,14). The maximum atomic E-state index is 11.0. The van der Waals surface area contributed by atoms with Crippen molar-refractivity contribution in [1.29, 1.82) is 0 Å². The third kappa shape index (κ3) is 1.50. The zero-order valence-corrected chi connectivity index (χ0v) is 8.98. The molecule has 1 N–H and O–H groups in total. The molecule has 0 aliphatic carbocycles. The van der Waals surface area contributed by atoms with Crippen molar-refractivity contribution < 1.29 is 19.1 Å². The number of nitrogens with zero attached hydrogens (tertiary/aromatic N) is 1. The van der Waals surface area contributed by atoms with Crippen LogP contribution >= 0.6 is 0 Å². The van der Waals surface area contributed by atoms with Gasteiger partial charge in [-0.3, -0.25) is 0 Å². The highest BCUT2D eigenvalue weighted by atomic mass is 16.5. The second-order valence-electron chi connectivity index (χ2n) is 3.30. The first kappa shape index (κ1) is 10.5. The Labute approximate surface area is 91.7 Å². The van der Waals surface area contributed by atoms with Gasteiger partial charge in [-0.1, -0.05) is 6.92 Å². The number of aryl methyl sites for hydroxylation is 1. The molecule has 16 heavy (non-hydrogen) atoms. The molecule has 0 amide bonds. The topological polar surface area (TPSA) is 72.6 Å². The van der Waals surface area contributed by atoms with Crippen molar-refractivity contribution in [1.82, 2.24) is 4.98 Å². The lowest BCUT2D eigenvalue weighted by Gasteiger charge is -2.00. The first-order valence-corrected chi connectivity index (χ1v) is 4.86. The molecule has 0 bridgehead atoms. The van der Waals surface area contributed by atoms with Gasteiger partial charge in [-0.15, -0.1) is 0 Å². The SMILES string of the molecule is CCc1cc2c(C(=O)O)cnc(OC)c2o1. The van der Waals surface area contributed by atoms with Crippen LogP contribution in [0.15, 0.2) is 16.7 Å². The number of carboxylic acids is 1. The molecule has 0 aliphatic heterocycles. The highest BCUT2D eigenvalue weighted by Crippen LogP contribution is 2.29. The van der Waals surface area contributed by atoms with E-state index in [1.54, 1.807) is 6.07 Å². The Morgan fingerprint density at radius 1 is 1.62 bits per heavy atom. The van der Waals surface area contributed by atoms with E-state index >= 15 is 0 Å². The molecule has 0 aromatic carbocycles. The maximum Gasteiger partial charge on any atom is 0.338 e. The van der Waals surface area contributed by atoms with Gasteiger partial charge in [0.05, 0.1) is 12.7 Å². The molecule has 2 heterocycles. The lowest BCUT2D eigenvalue weighted by Crippen LogP contribution is -1.99. The molecule has 0 saturated carbocycles. The molecule has 0 unspecified atom stereocenters. The summed E-state index contributed by atoms with van der Waals surface area (Å²) in [5, 5.41) is 9.53. The van der Waals surface area contributed by atoms with E-state index in [0.717, 1.165) is 0 Å². The summed E-state index contributed by atoms with van der Waals surface area (Å²) in [6, 6.07) is 1.71. The second-order valence-corrected chi connectivity index (χ2v) is 3.30. The highest BCUT2D eigenvalue weighted by Gasteiger charge is 2.17. The van der Waals surface area contributed by atoms with Crippen LogP contribution in [0, 0.1) is 0 Å². The van der Waals surface area contributed by atoms with E-state index in [1.807, 2.05) is 6.92 Å². The summed E-state index contributed by atoms with van der Waals surface area (Å²) in [5.74, 6) is -0.00731. The molecule has 0 radical (unpaired) electrons. The van der Waals surface area contributed by atoms with Crippen molar-refractivity contribution in [3.8, 4) is 5.88 Å². The molecular weight excluding hydrogens is 210 g/mol. The fourth-order valence-electron chi connectivity index (χ4n) is 1.54. The third-order valence-electron chi connectivity index (χ3n) is 2.35. The number of fused-ring (bicyclic) bond motifs is 1. The summed E-state index contributed by atoms with van der Waals surface area (Å²) in [5.41, 5.74) is 0.513. The van der Waals surface area contributed by atoms with Gasteiger partial charge < -0.3 is 14.3 Å². The van der Waals surface area contributed by atoms with Crippen molar-refractivity contribution >= 4 is 16.9 Å². The van der Waals surface area contributed by atoms with Crippen LogP contribution in [0.1, 0.15) is 23.0 Å². The van der Waals surface area contributed by atoms with Gasteiger partial charge in [0, 0.05) is 18.0 Å². The average Bonchev–Trinajstić information content (AvgIpc) is 2.70. The zero-order chi connectivity index (χ0) is 11.7. The van der Waals surface area contributed by atoms with Crippen molar-refractivity contribution in [2.24, 2.45) is 0 Å². The number of furan rings is 1. The molecule has 2 aromatic rings. The van der Waals surface area contributed by atoms with E-state index in [2.05, 4.69) is 4.98 Å². The molecule has 0 saturated heterocycles. The Balaban J connectivity index is 2.77.